The van der Waals surface area contributed by atoms with E-state index in [1.165, 1.54) is 7.05 Å². The molecule has 0 aromatic heterocycles. The van der Waals surface area contributed by atoms with Crippen LogP contribution in [0.3, 0.4) is 0 Å². The zero-order valence-corrected chi connectivity index (χ0v) is 10.8. The van der Waals surface area contributed by atoms with Crippen molar-refractivity contribution in [2.75, 3.05) is 19.3 Å². The Hall–Kier alpha value is -1.13. The van der Waals surface area contributed by atoms with E-state index in [-0.39, 0.29) is 18.2 Å². The van der Waals surface area contributed by atoms with Crippen molar-refractivity contribution in [1.82, 2.24) is 10.0 Å². The average Bonchev–Trinajstić information content (AvgIpc) is 2.24. The molecule has 0 radical (unpaired) electrons. The van der Waals surface area contributed by atoms with E-state index in [0.717, 1.165) is 0 Å². The first-order chi connectivity index (χ1) is 7.85. The normalized spacial score (nSPS) is 27.9. The van der Waals surface area contributed by atoms with Crippen LogP contribution in [0.4, 0.5) is 0 Å². The summed E-state index contributed by atoms with van der Waals surface area (Å²) < 4.78 is 24.4. The van der Waals surface area contributed by atoms with Crippen molar-refractivity contribution >= 4 is 15.9 Å². The molecule has 6 nitrogen and oxygen atoms in total. The van der Waals surface area contributed by atoms with Crippen molar-refractivity contribution in [2.45, 2.75) is 19.8 Å². The molecule has 96 valence electrons. The number of nitrogens with zero attached hydrogens (tertiary/aromatic N) is 1. The summed E-state index contributed by atoms with van der Waals surface area (Å²) in [6.07, 6.45) is 1.10. The van der Waals surface area contributed by atoms with Crippen molar-refractivity contribution in [2.24, 2.45) is 11.3 Å². The van der Waals surface area contributed by atoms with E-state index in [1.54, 1.807) is 0 Å². The molecule has 0 aliphatic heterocycles. The molecule has 1 fully saturated rings. The summed E-state index contributed by atoms with van der Waals surface area (Å²) >= 11 is 0. The Morgan fingerprint density at radius 1 is 1.53 bits per heavy atom. The van der Waals surface area contributed by atoms with Crippen LogP contribution in [0.15, 0.2) is 0 Å². The summed E-state index contributed by atoms with van der Waals surface area (Å²) in [4.78, 5) is 11.7. The van der Waals surface area contributed by atoms with Gasteiger partial charge in [0.25, 0.3) is 0 Å². The quantitative estimate of drug-likeness (QED) is 0.701. The topological polar surface area (TPSA) is 99.1 Å². The van der Waals surface area contributed by atoms with Crippen LogP contribution in [0.2, 0.25) is 0 Å². The standard InChI is InChI=1S/C10H17N3O3S/c1-8-5-10(6-8,7-11)9(14)13-3-4-17(15,16)12-2/h8,12H,3-6H2,1-2H3,(H,13,14). The summed E-state index contributed by atoms with van der Waals surface area (Å²) in [5.41, 5.74) is -0.942. The maximum atomic E-state index is 11.7. The van der Waals surface area contributed by atoms with E-state index in [9.17, 15) is 13.2 Å². The first-order valence-corrected chi connectivity index (χ1v) is 7.11. The van der Waals surface area contributed by atoms with Gasteiger partial charge in [-0.25, -0.2) is 13.1 Å². The number of hydrogen-bond acceptors (Lipinski definition) is 4. The molecule has 1 aliphatic carbocycles. The first-order valence-electron chi connectivity index (χ1n) is 5.46. The highest BCUT2D eigenvalue weighted by Crippen LogP contribution is 2.44. The van der Waals surface area contributed by atoms with Crippen LogP contribution < -0.4 is 10.0 Å². The monoisotopic (exact) mass is 259 g/mol. The Bertz CT molecular complexity index is 432. The van der Waals surface area contributed by atoms with Crippen LogP contribution in [0.25, 0.3) is 0 Å². The maximum absolute atomic E-state index is 11.7. The fraction of sp³-hybridized carbons (Fsp3) is 0.800. The van der Waals surface area contributed by atoms with Gasteiger partial charge in [-0.1, -0.05) is 6.92 Å². The highest BCUT2D eigenvalue weighted by molar-refractivity contribution is 7.89. The molecule has 0 atom stereocenters. The van der Waals surface area contributed by atoms with Crippen LogP contribution in [-0.4, -0.2) is 33.7 Å². The molecule has 17 heavy (non-hydrogen) atoms. The van der Waals surface area contributed by atoms with Crippen LogP contribution in [-0.2, 0) is 14.8 Å². The lowest BCUT2D eigenvalue weighted by Gasteiger charge is -2.39. The van der Waals surface area contributed by atoms with Gasteiger partial charge in [0.05, 0.1) is 11.8 Å². The van der Waals surface area contributed by atoms with E-state index >= 15 is 0 Å². The lowest BCUT2D eigenvalue weighted by molar-refractivity contribution is -0.133. The molecule has 2 N–H and O–H groups in total. The average molecular weight is 259 g/mol. The first kappa shape index (κ1) is 13.9. The number of nitriles is 1. The molecule has 1 saturated carbocycles. The Morgan fingerprint density at radius 3 is 2.53 bits per heavy atom. The minimum absolute atomic E-state index is 0.0276. The smallest absolute Gasteiger partial charge is 0.240 e. The van der Waals surface area contributed by atoms with E-state index in [4.69, 9.17) is 5.26 Å². The van der Waals surface area contributed by atoms with Gasteiger partial charge >= 0.3 is 0 Å². The Labute approximate surface area is 101 Å². The predicted octanol–water partition coefficient (Wildman–Crippen LogP) is -0.408. The summed E-state index contributed by atoms with van der Waals surface area (Å²) in [6.45, 7) is 2.01. The number of hydrogen-bond donors (Lipinski definition) is 2. The van der Waals surface area contributed by atoms with Crippen LogP contribution in [0, 0.1) is 22.7 Å². The van der Waals surface area contributed by atoms with E-state index in [2.05, 4.69) is 10.0 Å². The number of amides is 1. The minimum Gasteiger partial charge on any atom is -0.354 e. The fourth-order valence-corrected chi connectivity index (χ4v) is 2.60. The second-order valence-electron chi connectivity index (χ2n) is 4.49. The lowest BCUT2D eigenvalue weighted by Crippen LogP contribution is -2.49. The highest BCUT2D eigenvalue weighted by Gasteiger charge is 2.48. The minimum atomic E-state index is -3.31. The third kappa shape index (κ3) is 3.17. The zero-order chi connectivity index (χ0) is 13.1. The molecule has 7 heteroatoms. The molecular formula is C10H17N3O3S. The van der Waals surface area contributed by atoms with Gasteiger partial charge in [-0.05, 0) is 25.8 Å². The molecular weight excluding hydrogens is 242 g/mol. The third-order valence-corrected chi connectivity index (χ3v) is 4.37. The van der Waals surface area contributed by atoms with Crippen molar-refractivity contribution in [3.8, 4) is 6.07 Å². The molecule has 1 amide bonds. The van der Waals surface area contributed by atoms with E-state index in [0.29, 0.717) is 18.8 Å². The number of nitrogens with one attached hydrogen (secondary N) is 2. The molecule has 0 spiro atoms. The number of sulfonamides is 1. The summed E-state index contributed by atoms with van der Waals surface area (Å²) in [6, 6.07) is 2.03. The van der Waals surface area contributed by atoms with Gasteiger partial charge in [0.2, 0.25) is 15.9 Å². The van der Waals surface area contributed by atoms with E-state index < -0.39 is 15.4 Å². The van der Waals surface area contributed by atoms with Gasteiger partial charge < -0.3 is 5.32 Å². The largest absolute Gasteiger partial charge is 0.354 e. The summed E-state index contributed by atoms with van der Waals surface area (Å²) in [5, 5.41) is 11.5. The van der Waals surface area contributed by atoms with E-state index in [1.807, 2.05) is 13.0 Å². The molecule has 1 aliphatic rings. The second-order valence-corrected chi connectivity index (χ2v) is 6.53. The zero-order valence-electron chi connectivity index (χ0n) is 9.99. The molecule has 0 saturated heterocycles. The van der Waals surface area contributed by atoms with Gasteiger partial charge in [0.15, 0.2) is 0 Å². The molecule has 0 heterocycles. The van der Waals surface area contributed by atoms with Gasteiger partial charge in [0, 0.05) is 6.54 Å². The predicted molar refractivity (Wildman–Crippen MR) is 62.3 cm³/mol. The van der Waals surface area contributed by atoms with Gasteiger partial charge in [0.1, 0.15) is 5.41 Å². The molecule has 0 bridgehead atoms. The van der Waals surface area contributed by atoms with Crippen LogP contribution in [0.1, 0.15) is 19.8 Å². The molecule has 0 aromatic carbocycles. The highest BCUT2D eigenvalue weighted by atomic mass is 32.2. The SMILES string of the molecule is CNS(=O)(=O)CCNC(=O)C1(C#N)CC(C)C1. The van der Waals surface area contributed by atoms with Crippen LogP contribution in [0.5, 0.6) is 0 Å². The molecule has 1 rings (SSSR count). The molecule has 0 aromatic rings. The van der Waals surface area contributed by atoms with Crippen molar-refractivity contribution in [3.05, 3.63) is 0 Å². The van der Waals surface area contributed by atoms with Crippen molar-refractivity contribution < 1.29 is 13.2 Å². The Balaban J connectivity index is 2.44. The van der Waals surface area contributed by atoms with Crippen molar-refractivity contribution in [3.63, 3.8) is 0 Å². The van der Waals surface area contributed by atoms with Gasteiger partial charge in [-0.15, -0.1) is 0 Å². The fourth-order valence-electron chi connectivity index (χ4n) is 2.03. The Kier molecular flexibility index (Phi) is 4.11. The van der Waals surface area contributed by atoms with Gasteiger partial charge in [-0.3, -0.25) is 4.79 Å². The number of carbonyl (C=O) groups is 1. The summed E-state index contributed by atoms with van der Waals surface area (Å²) in [5.74, 6) is -0.155. The maximum Gasteiger partial charge on any atom is 0.240 e. The number of carbonyl (C=O) groups excluding carboxylic acids is 1. The second kappa shape index (κ2) is 5.02. The van der Waals surface area contributed by atoms with Crippen LogP contribution >= 0.6 is 0 Å². The lowest BCUT2D eigenvalue weighted by atomic mass is 9.63. The Morgan fingerprint density at radius 2 is 2.12 bits per heavy atom. The molecule has 0 unspecified atom stereocenters. The summed E-state index contributed by atoms with van der Waals surface area (Å²) in [7, 11) is -1.99. The number of rotatable bonds is 5. The third-order valence-electron chi connectivity index (χ3n) is 3.01. The van der Waals surface area contributed by atoms with Crippen molar-refractivity contribution in [1.29, 1.82) is 5.26 Å². The van der Waals surface area contributed by atoms with Gasteiger partial charge in [-0.2, -0.15) is 5.26 Å².